The Kier molecular flexibility index (Phi) is 2.78. The van der Waals surface area contributed by atoms with Crippen molar-refractivity contribution >= 4 is 21.9 Å². The van der Waals surface area contributed by atoms with Gasteiger partial charge in [0.05, 0.1) is 11.9 Å². The SMILES string of the molecule is Cc1ccccc1-n1ncc(C(=O)O)c1Br. The summed E-state index contributed by atoms with van der Waals surface area (Å²) in [7, 11) is 0. The molecule has 0 radical (unpaired) electrons. The van der Waals surface area contributed by atoms with Gasteiger partial charge in [-0.15, -0.1) is 0 Å². The second-order valence-corrected chi connectivity index (χ2v) is 4.10. The average molecular weight is 281 g/mol. The number of nitrogens with zero attached hydrogens (tertiary/aromatic N) is 2. The van der Waals surface area contributed by atoms with Gasteiger partial charge in [-0.05, 0) is 34.5 Å². The highest BCUT2D eigenvalue weighted by Crippen LogP contribution is 2.22. The molecule has 1 aromatic carbocycles. The van der Waals surface area contributed by atoms with Crippen molar-refractivity contribution in [3.8, 4) is 5.69 Å². The minimum atomic E-state index is -0.994. The molecule has 2 aromatic rings. The van der Waals surface area contributed by atoms with Crippen LogP contribution in [-0.4, -0.2) is 20.9 Å². The molecule has 82 valence electrons. The fraction of sp³-hybridized carbons (Fsp3) is 0.0909. The topological polar surface area (TPSA) is 55.1 Å². The maximum atomic E-state index is 10.9. The van der Waals surface area contributed by atoms with Gasteiger partial charge in [0.25, 0.3) is 0 Å². The summed E-state index contributed by atoms with van der Waals surface area (Å²) >= 11 is 3.24. The van der Waals surface area contributed by atoms with Crippen molar-refractivity contribution in [3.63, 3.8) is 0 Å². The standard InChI is InChI=1S/C11H9BrN2O2/c1-7-4-2-3-5-9(7)14-10(12)8(6-13-14)11(15)16/h2-6H,1H3,(H,15,16). The lowest BCUT2D eigenvalue weighted by Gasteiger charge is -2.06. The molecule has 0 aliphatic heterocycles. The van der Waals surface area contributed by atoms with Gasteiger partial charge >= 0.3 is 5.97 Å². The average Bonchev–Trinajstić information content (AvgIpc) is 2.61. The summed E-state index contributed by atoms with van der Waals surface area (Å²) < 4.78 is 2.02. The third-order valence-electron chi connectivity index (χ3n) is 2.28. The van der Waals surface area contributed by atoms with Gasteiger partial charge in [0.1, 0.15) is 10.2 Å². The molecule has 0 aliphatic carbocycles. The van der Waals surface area contributed by atoms with Crippen LogP contribution in [0.3, 0.4) is 0 Å². The first-order valence-electron chi connectivity index (χ1n) is 4.64. The van der Waals surface area contributed by atoms with Gasteiger partial charge in [-0.25, -0.2) is 9.48 Å². The number of benzene rings is 1. The Morgan fingerprint density at radius 2 is 2.12 bits per heavy atom. The number of carbonyl (C=O) groups is 1. The van der Waals surface area contributed by atoms with Crippen LogP contribution in [0.25, 0.3) is 5.69 Å². The number of halogens is 1. The van der Waals surface area contributed by atoms with Crippen molar-refractivity contribution in [1.82, 2.24) is 9.78 Å². The second-order valence-electron chi connectivity index (χ2n) is 3.35. The molecule has 0 spiro atoms. The van der Waals surface area contributed by atoms with E-state index in [0.29, 0.717) is 4.60 Å². The Bertz CT molecular complexity index is 549. The maximum absolute atomic E-state index is 10.9. The molecule has 0 aliphatic rings. The molecule has 4 nitrogen and oxygen atoms in total. The molecule has 0 amide bonds. The lowest BCUT2D eigenvalue weighted by Crippen LogP contribution is -2.01. The lowest BCUT2D eigenvalue weighted by atomic mass is 10.2. The Balaban J connectivity index is 2.58. The Morgan fingerprint density at radius 3 is 2.69 bits per heavy atom. The highest BCUT2D eigenvalue weighted by atomic mass is 79.9. The van der Waals surface area contributed by atoms with E-state index >= 15 is 0 Å². The van der Waals surface area contributed by atoms with E-state index in [1.165, 1.54) is 6.20 Å². The summed E-state index contributed by atoms with van der Waals surface area (Å²) in [6, 6.07) is 7.65. The zero-order valence-corrected chi connectivity index (χ0v) is 10.1. The minimum Gasteiger partial charge on any atom is -0.478 e. The molecule has 0 atom stereocenters. The van der Waals surface area contributed by atoms with E-state index in [-0.39, 0.29) is 5.56 Å². The van der Waals surface area contributed by atoms with Crippen LogP contribution in [0.4, 0.5) is 0 Å². The van der Waals surface area contributed by atoms with Crippen molar-refractivity contribution < 1.29 is 9.90 Å². The van der Waals surface area contributed by atoms with Crippen LogP contribution in [0, 0.1) is 6.92 Å². The number of hydrogen-bond acceptors (Lipinski definition) is 2. The summed E-state index contributed by atoms with van der Waals surface area (Å²) in [4.78, 5) is 10.9. The van der Waals surface area contributed by atoms with E-state index in [0.717, 1.165) is 11.3 Å². The molecule has 1 heterocycles. The van der Waals surface area contributed by atoms with Crippen LogP contribution < -0.4 is 0 Å². The van der Waals surface area contributed by atoms with Gasteiger partial charge < -0.3 is 5.11 Å². The van der Waals surface area contributed by atoms with Crippen molar-refractivity contribution in [3.05, 3.63) is 46.2 Å². The number of aromatic nitrogens is 2. The fourth-order valence-corrected chi connectivity index (χ4v) is 2.00. The third-order valence-corrected chi connectivity index (χ3v) is 3.05. The molecular formula is C11H9BrN2O2. The molecule has 1 aromatic heterocycles. The van der Waals surface area contributed by atoms with E-state index in [9.17, 15) is 4.79 Å². The zero-order chi connectivity index (χ0) is 11.7. The van der Waals surface area contributed by atoms with E-state index in [4.69, 9.17) is 5.11 Å². The van der Waals surface area contributed by atoms with Crippen LogP contribution in [0.1, 0.15) is 15.9 Å². The number of aromatic carboxylic acids is 1. The molecule has 0 saturated carbocycles. The van der Waals surface area contributed by atoms with E-state index in [1.807, 2.05) is 31.2 Å². The van der Waals surface area contributed by atoms with E-state index in [1.54, 1.807) is 4.68 Å². The molecular weight excluding hydrogens is 272 g/mol. The molecule has 1 N–H and O–H groups in total. The van der Waals surface area contributed by atoms with E-state index < -0.39 is 5.97 Å². The van der Waals surface area contributed by atoms with Crippen LogP contribution >= 0.6 is 15.9 Å². The molecule has 0 unspecified atom stereocenters. The Hall–Kier alpha value is -1.62. The molecule has 5 heteroatoms. The summed E-state index contributed by atoms with van der Waals surface area (Å²) in [5.41, 5.74) is 2.05. The Morgan fingerprint density at radius 1 is 1.44 bits per heavy atom. The number of carboxylic acid groups (broad SMARTS) is 1. The zero-order valence-electron chi connectivity index (χ0n) is 8.51. The number of carboxylic acids is 1. The quantitative estimate of drug-likeness (QED) is 0.920. The largest absolute Gasteiger partial charge is 0.478 e. The highest BCUT2D eigenvalue weighted by molar-refractivity contribution is 9.10. The first kappa shape index (κ1) is 10.9. The fourth-order valence-electron chi connectivity index (χ4n) is 1.45. The Labute approximate surface area is 101 Å². The molecule has 0 saturated heterocycles. The van der Waals surface area contributed by atoms with Gasteiger partial charge in [-0.2, -0.15) is 5.10 Å². The predicted molar refractivity (Wildman–Crippen MR) is 63.0 cm³/mol. The second kappa shape index (κ2) is 4.09. The normalized spacial score (nSPS) is 10.4. The third kappa shape index (κ3) is 1.74. The number of hydrogen-bond donors (Lipinski definition) is 1. The van der Waals surface area contributed by atoms with Gasteiger partial charge in [0.2, 0.25) is 0 Å². The highest BCUT2D eigenvalue weighted by Gasteiger charge is 2.15. The molecule has 0 bridgehead atoms. The number of para-hydroxylation sites is 1. The van der Waals surface area contributed by atoms with Crippen LogP contribution in [0.15, 0.2) is 35.1 Å². The van der Waals surface area contributed by atoms with E-state index in [2.05, 4.69) is 21.0 Å². The van der Waals surface area contributed by atoms with Gasteiger partial charge in [-0.3, -0.25) is 0 Å². The molecule has 2 rings (SSSR count). The minimum absolute atomic E-state index is 0.156. The summed E-state index contributed by atoms with van der Waals surface area (Å²) in [6.07, 6.45) is 1.33. The van der Waals surface area contributed by atoms with Crippen molar-refractivity contribution in [2.45, 2.75) is 6.92 Å². The molecule has 0 fully saturated rings. The number of rotatable bonds is 2. The van der Waals surface area contributed by atoms with Crippen LogP contribution in [-0.2, 0) is 0 Å². The monoisotopic (exact) mass is 280 g/mol. The van der Waals surface area contributed by atoms with Crippen molar-refractivity contribution in [2.24, 2.45) is 0 Å². The first-order chi connectivity index (χ1) is 7.61. The summed E-state index contributed by atoms with van der Waals surface area (Å²) in [5.74, 6) is -0.994. The van der Waals surface area contributed by atoms with Gasteiger partial charge in [0, 0.05) is 0 Å². The summed E-state index contributed by atoms with van der Waals surface area (Å²) in [6.45, 7) is 1.95. The van der Waals surface area contributed by atoms with Crippen LogP contribution in [0.2, 0.25) is 0 Å². The predicted octanol–water partition coefficient (Wildman–Crippen LogP) is 2.64. The van der Waals surface area contributed by atoms with Gasteiger partial charge in [0.15, 0.2) is 0 Å². The van der Waals surface area contributed by atoms with Crippen molar-refractivity contribution in [1.29, 1.82) is 0 Å². The number of aryl methyl sites for hydroxylation is 1. The summed E-state index contributed by atoms with van der Waals surface area (Å²) in [5, 5.41) is 13.0. The first-order valence-corrected chi connectivity index (χ1v) is 5.43. The maximum Gasteiger partial charge on any atom is 0.340 e. The van der Waals surface area contributed by atoms with Gasteiger partial charge in [-0.1, -0.05) is 18.2 Å². The van der Waals surface area contributed by atoms with Crippen molar-refractivity contribution in [2.75, 3.05) is 0 Å². The smallest absolute Gasteiger partial charge is 0.340 e. The lowest BCUT2D eigenvalue weighted by molar-refractivity contribution is 0.0696. The molecule has 16 heavy (non-hydrogen) atoms. The van der Waals surface area contributed by atoms with Crippen LogP contribution in [0.5, 0.6) is 0 Å².